The second kappa shape index (κ2) is 6.79. The van der Waals surface area contributed by atoms with Crippen molar-refractivity contribution >= 4 is 33.2 Å². The van der Waals surface area contributed by atoms with Crippen LogP contribution in [0.4, 0.5) is 4.39 Å². The van der Waals surface area contributed by atoms with Crippen molar-refractivity contribution in [3.63, 3.8) is 0 Å². The van der Waals surface area contributed by atoms with Crippen LogP contribution in [0.1, 0.15) is 18.9 Å². The molecule has 1 saturated heterocycles. The minimum Gasteiger partial charge on any atom is -0.375 e. The number of benzene rings is 1. The lowest BCUT2D eigenvalue weighted by molar-refractivity contribution is -0.00278. The SMILES string of the molecule is CCC1CN(S(=O)(=O)c2cc(F)c(Cl)c(CCl)c2)CCO1. The number of ether oxygens (including phenoxy) is 1. The van der Waals surface area contributed by atoms with Crippen LogP contribution in [-0.4, -0.2) is 38.5 Å². The van der Waals surface area contributed by atoms with Crippen molar-refractivity contribution in [1.82, 2.24) is 4.31 Å². The molecule has 0 spiro atoms. The standard InChI is InChI=1S/C13H16Cl2FNO3S/c1-2-10-8-17(3-4-20-10)21(18,19)11-5-9(7-14)13(15)12(16)6-11/h5-6,10H,2-4,7-8H2,1H3. The van der Waals surface area contributed by atoms with Crippen LogP contribution in [0.2, 0.25) is 5.02 Å². The average molecular weight is 356 g/mol. The van der Waals surface area contributed by atoms with Gasteiger partial charge in [0.2, 0.25) is 10.0 Å². The van der Waals surface area contributed by atoms with Crippen LogP contribution in [0.5, 0.6) is 0 Å². The van der Waals surface area contributed by atoms with Crippen molar-refractivity contribution in [3.05, 3.63) is 28.5 Å². The monoisotopic (exact) mass is 355 g/mol. The molecule has 1 heterocycles. The highest BCUT2D eigenvalue weighted by Crippen LogP contribution is 2.28. The molecule has 1 aliphatic heterocycles. The fourth-order valence-corrected chi connectivity index (χ4v) is 4.15. The molecule has 1 fully saturated rings. The predicted molar refractivity (Wildman–Crippen MR) is 79.8 cm³/mol. The summed E-state index contributed by atoms with van der Waals surface area (Å²) in [7, 11) is -3.78. The average Bonchev–Trinajstić information content (AvgIpc) is 2.49. The number of rotatable bonds is 4. The number of halogens is 3. The van der Waals surface area contributed by atoms with Gasteiger partial charge in [0.15, 0.2) is 0 Å². The summed E-state index contributed by atoms with van der Waals surface area (Å²) in [6.45, 7) is 2.77. The van der Waals surface area contributed by atoms with Gasteiger partial charge in [0.05, 0.1) is 22.6 Å². The predicted octanol–water partition coefficient (Wildman–Crippen LogP) is 3.02. The molecule has 0 amide bonds. The molecule has 1 aromatic carbocycles. The van der Waals surface area contributed by atoms with Crippen LogP contribution >= 0.6 is 23.2 Å². The molecule has 0 bridgehead atoms. The molecule has 8 heteroatoms. The van der Waals surface area contributed by atoms with E-state index in [4.69, 9.17) is 27.9 Å². The Morgan fingerprint density at radius 2 is 2.19 bits per heavy atom. The number of hydrogen-bond acceptors (Lipinski definition) is 3. The van der Waals surface area contributed by atoms with E-state index in [2.05, 4.69) is 0 Å². The summed E-state index contributed by atoms with van der Waals surface area (Å²) in [5.74, 6) is -0.839. The number of morpholine rings is 1. The summed E-state index contributed by atoms with van der Waals surface area (Å²) >= 11 is 11.4. The largest absolute Gasteiger partial charge is 0.375 e. The van der Waals surface area contributed by atoms with Gasteiger partial charge < -0.3 is 4.74 Å². The van der Waals surface area contributed by atoms with Crippen molar-refractivity contribution in [1.29, 1.82) is 0 Å². The highest BCUT2D eigenvalue weighted by molar-refractivity contribution is 7.89. The smallest absolute Gasteiger partial charge is 0.243 e. The summed E-state index contributed by atoms with van der Waals surface area (Å²) in [5.41, 5.74) is 0.261. The second-order valence-electron chi connectivity index (χ2n) is 4.78. The topological polar surface area (TPSA) is 46.6 Å². The summed E-state index contributed by atoms with van der Waals surface area (Å²) in [5, 5.41) is -0.141. The fraction of sp³-hybridized carbons (Fsp3) is 0.538. The maximum absolute atomic E-state index is 13.8. The van der Waals surface area contributed by atoms with Crippen LogP contribution in [-0.2, 0) is 20.6 Å². The van der Waals surface area contributed by atoms with Crippen molar-refractivity contribution in [3.8, 4) is 0 Å². The molecule has 4 nitrogen and oxygen atoms in total. The van der Waals surface area contributed by atoms with Crippen molar-refractivity contribution in [2.75, 3.05) is 19.7 Å². The zero-order valence-electron chi connectivity index (χ0n) is 11.5. The third kappa shape index (κ3) is 3.51. The van der Waals surface area contributed by atoms with E-state index in [0.717, 1.165) is 6.07 Å². The quantitative estimate of drug-likeness (QED) is 0.780. The van der Waals surface area contributed by atoms with Crippen LogP contribution in [0, 0.1) is 5.82 Å². The van der Waals surface area contributed by atoms with E-state index in [9.17, 15) is 12.8 Å². The van der Waals surface area contributed by atoms with Crippen LogP contribution in [0.15, 0.2) is 17.0 Å². The minimum atomic E-state index is -3.78. The van der Waals surface area contributed by atoms with Crippen molar-refractivity contribution < 1.29 is 17.5 Å². The Morgan fingerprint density at radius 3 is 2.81 bits per heavy atom. The number of alkyl halides is 1. The lowest BCUT2D eigenvalue weighted by Gasteiger charge is -2.31. The molecule has 1 atom stereocenters. The minimum absolute atomic E-state index is 0.0557. The van der Waals surface area contributed by atoms with E-state index in [-0.39, 0.29) is 40.6 Å². The molecule has 0 radical (unpaired) electrons. The summed E-state index contributed by atoms with van der Waals surface area (Å²) in [4.78, 5) is -0.128. The number of nitrogens with zero attached hydrogens (tertiary/aromatic N) is 1. The summed E-state index contributed by atoms with van der Waals surface area (Å²) in [6, 6.07) is 2.26. The first-order chi connectivity index (χ1) is 9.90. The van der Waals surface area contributed by atoms with Gasteiger partial charge in [0, 0.05) is 19.0 Å². The van der Waals surface area contributed by atoms with E-state index in [0.29, 0.717) is 13.0 Å². The van der Waals surface area contributed by atoms with Crippen LogP contribution < -0.4 is 0 Å². The lowest BCUT2D eigenvalue weighted by Crippen LogP contribution is -2.45. The Kier molecular flexibility index (Phi) is 5.48. The molecule has 0 N–H and O–H groups in total. The fourth-order valence-electron chi connectivity index (χ4n) is 2.17. The molecule has 0 saturated carbocycles. The Hall–Kier alpha value is -0.400. The number of sulfonamides is 1. The number of hydrogen-bond donors (Lipinski definition) is 0. The molecule has 0 aliphatic carbocycles. The van der Waals surface area contributed by atoms with Gasteiger partial charge in [-0.1, -0.05) is 18.5 Å². The molecular weight excluding hydrogens is 340 g/mol. The Balaban J connectivity index is 2.37. The first kappa shape index (κ1) is 17.0. The Labute approximate surface area is 133 Å². The molecular formula is C13H16Cl2FNO3S. The van der Waals surface area contributed by atoms with Gasteiger partial charge in [-0.15, -0.1) is 11.6 Å². The maximum atomic E-state index is 13.8. The van der Waals surface area contributed by atoms with Crippen LogP contribution in [0.25, 0.3) is 0 Å². The van der Waals surface area contributed by atoms with Crippen LogP contribution in [0.3, 0.4) is 0 Å². The molecule has 1 aromatic rings. The van der Waals surface area contributed by atoms with E-state index < -0.39 is 15.8 Å². The zero-order valence-corrected chi connectivity index (χ0v) is 13.8. The second-order valence-corrected chi connectivity index (χ2v) is 7.36. The third-order valence-corrected chi connectivity index (χ3v) is 5.97. The maximum Gasteiger partial charge on any atom is 0.243 e. The highest BCUT2D eigenvalue weighted by atomic mass is 35.5. The highest BCUT2D eigenvalue weighted by Gasteiger charge is 2.31. The third-order valence-electron chi connectivity index (χ3n) is 3.42. The first-order valence-corrected chi connectivity index (χ1v) is 8.91. The lowest BCUT2D eigenvalue weighted by atomic mass is 10.2. The molecule has 2 rings (SSSR count). The van der Waals surface area contributed by atoms with Gasteiger partial charge in [-0.25, -0.2) is 12.8 Å². The van der Waals surface area contributed by atoms with Gasteiger partial charge in [-0.05, 0) is 24.1 Å². The van der Waals surface area contributed by atoms with Gasteiger partial charge in [-0.2, -0.15) is 4.31 Å². The Bertz CT molecular complexity index is 624. The molecule has 0 aromatic heterocycles. The van der Waals surface area contributed by atoms with E-state index >= 15 is 0 Å². The Morgan fingerprint density at radius 1 is 1.48 bits per heavy atom. The zero-order chi connectivity index (χ0) is 15.6. The van der Waals surface area contributed by atoms with E-state index in [1.54, 1.807) is 0 Å². The van der Waals surface area contributed by atoms with Gasteiger partial charge >= 0.3 is 0 Å². The first-order valence-electron chi connectivity index (χ1n) is 6.55. The van der Waals surface area contributed by atoms with Gasteiger partial charge in [0.25, 0.3) is 0 Å². The summed E-state index contributed by atoms with van der Waals surface area (Å²) in [6.07, 6.45) is 0.576. The van der Waals surface area contributed by atoms with Crippen molar-refractivity contribution in [2.24, 2.45) is 0 Å². The van der Waals surface area contributed by atoms with E-state index in [1.165, 1.54) is 10.4 Å². The van der Waals surface area contributed by atoms with Crippen molar-refractivity contribution in [2.45, 2.75) is 30.2 Å². The molecule has 1 aliphatic rings. The molecule has 21 heavy (non-hydrogen) atoms. The van der Waals surface area contributed by atoms with Gasteiger partial charge in [0.1, 0.15) is 5.82 Å². The molecule has 1 unspecified atom stereocenters. The summed E-state index contributed by atoms with van der Waals surface area (Å²) < 4.78 is 45.7. The molecule has 118 valence electrons. The van der Waals surface area contributed by atoms with Gasteiger partial charge in [-0.3, -0.25) is 0 Å². The normalized spacial score (nSPS) is 20.7. The van der Waals surface area contributed by atoms with E-state index in [1.807, 2.05) is 6.92 Å².